The lowest BCUT2D eigenvalue weighted by Crippen LogP contribution is -2.39. The molecule has 3 rings (SSSR count). The van der Waals surface area contributed by atoms with Gasteiger partial charge in [-0.1, -0.05) is 0 Å². The molecule has 0 aliphatic carbocycles. The summed E-state index contributed by atoms with van der Waals surface area (Å²) in [5, 5.41) is 3.22. The Hall–Kier alpha value is -0.870. The molecule has 0 saturated carbocycles. The minimum Gasteiger partial charge on any atom is -0.330 e. The number of imidazole rings is 1. The van der Waals surface area contributed by atoms with Crippen LogP contribution in [-0.2, 0) is 6.54 Å². The molecule has 0 radical (unpaired) electrons. The van der Waals surface area contributed by atoms with Gasteiger partial charge in [-0.15, -0.1) is 0 Å². The van der Waals surface area contributed by atoms with Crippen LogP contribution in [0.25, 0.3) is 0 Å². The van der Waals surface area contributed by atoms with Crippen LogP contribution in [0.1, 0.15) is 37.4 Å². The molecule has 2 aliphatic rings. The van der Waals surface area contributed by atoms with Crippen molar-refractivity contribution in [2.45, 2.75) is 44.3 Å². The molecule has 0 aromatic carbocycles. The maximum Gasteiger partial charge on any atom is 0.0951 e. The lowest BCUT2D eigenvalue weighted by atomic mass is 9.97. The van der Waals surface area contributed by atoms with E-state index in [0.29, 0.717) is 6.04 Å². The third-order valence-electron chi connectivity index (χ3n) is 4.29. The van der Waals surface area contributed by atoms with Gasteiger partial charge in [0.2, 0.25) is 0 Å². The number of aromatic nitrogens is 2. The average Bonchev–Trinajstić information content (AvgIpc) is 2.96. The molecule has 0 bridgehead atoms. The van der Waals surface area contributed by atoms with E-state index in [0.717, 1.165) is 12.6 Å². The second-order valence-electron chi connectivity index (χ2n) is 5.33. The molecule has 2 saturated heterocycles. The van der Waals surface area contributed by atoms with Gasteiger partial charge < -0.3 is 14.8 Å². The normalized spacial score (nSPS) is 29.5. The first-order chi connectivity index (χ1) is 8.38. The molecule has 2 aliphatic heterocycles. The van der Waals surface area contributed by atoms with Crippen molar-refractivity contribution < 1.29 is 0 Å². The summed E-state index contributed by atoms with van der Waals surface area (Å²) in [6, 6.07) is 1.50. The van der Waals surface area contributed by atoms with Crippen molar-refractivity contribution >= 4 is 0 Å². The predicted molar refractivity (Wildman–Crippen MR) is 67.9 cm³/mol. The molecule has 0 spiro atoms. The number of hydrogen-bond donors (Lipinski definition) is 1. The standard InChI is InChI=1S/C13H22N4/c1-14-8-13-9-15-10-17(13)12-4-6-16-5-2-3-11(16)7-12/h9-12,14H,2-8H2,1H3. The summed E-state index contributed by atoms with van der Waals surface area (Å²) in [7, 11) is 2.00. The Morgan fingerprint density at radius 1 is 1.35 bits per heavy atom. The van der Waals surface area contributed by atoms with Crippen LogP contribution >= 0.6 is 0 Å². The highest BCUT2D eigenvalue weighted by Crippen LogP contribution is 2.33. The second-order valence-corrected chi connectivity index (χ2v) is 5.33. The molecule has 17 heavy (non-hydrogen) atoms. The van der Waals surface area contributed by atoms with Gasteiger partial charge in [-0.3, -0.25) is 0 Å². The van der Waals surface area contributed by atoms with E-state index in [-0.39, 0.29) is 0 Å². The van der Waals surface area contributed by atoms with Crippen LogP contribution in [-0.4, -0.2) is 40.6 Å². The molecule has 2 fully saturated rings. The van der Waals surface area contributed by atoms with Crippen LogP contribution in [0, 0.1) is 0 Å². The minimum absolute atomic E-state index is 0.667. The Labute approximate surface area is 103 Å². The Morgan fingerprint density at radius 3 is 3.18 bits per heavy atom. The number of fused-ring (bicyclic) bond motifs is 1. The average molecular weight is 234 g/mol. The van der Waals surface area contributed by atoms with Crippen molar-refractivity contribution in [3.05, 3.63) is 18.2 Å². The number of hydrogen-bond acceptors (Lipinski definition) is 3. The highest BCUT2D eigenvalue weighted by Gasteiger charge is 2.32. The number of nitrogens with one attached hydrogen (secondary N) is 1. The van der Waals surface area contributed by atoms with Gasteiger partial charge in [-0.25, -0.2) is 4.98 Å². The van der Waals surface area contributed by atoms with Crippen molar-refractivity contribution in [3.63, 3.8) is 0 Å². The van der Waals surface area contributed by atoms with Crippen molar-refractivity contribution in [1.29, 1.82) is 0 Å². The zero-order chi connectivity index (χ0) is 11.7. The first kappa shape index (κ1) is 11.2. The van der Waals surface area contributed by atoms with E-state index in [4.69, 9.17) is 0 Å². The maximum atomic E-state index is 4.31. The van der Waals surface area contributed by atoms with Crippen LogP contribution in [0.2, 0.25) is 0 Å². The van der Waals surface area contributed by atoms with E-state index in [9.17, 15) is 0 Å². The van der Waals surface area contributed by atoms with E-state index in [1.165, 1.54) is 44.5 Å². The summed E-state index contributed by atoms with van der Waals surface area (Å²) in [4.78, 5) is 6.98. The molecule has 0 amide bonds. The third-order valence-corrected chi connectivity index (χ3v) is 4.29. The van der Waals surface area contributed by atoms with Gasteiger partial charge in [-0.05, 0) is 39.3 Å². The molecule has 3 heterocycles. The van der Waals surface area contributed by atoms with Crippen LogP contribution in [0.3, 0.4) is 0 Å². The maximum absolute atomic E-state index is 4.31. The van der Waals surface area contributed by atoms with E-state index < -0.39 is 0 Å². The van der Waals surface area contributed by atoms with E-state index in [2.05, 4.69) is 19.8 Å². The van der Waals surface area contributed by atoms with Crippen LogP contribution in [0.15, 0.2) is 12.5 Å². The van der Waals surface area contributed by atoms with Gasteiger partial charge in [0.15, 0.2) is 0 Å². The number of nitrogens with zero attached hydrogens (tertiary/aromatic N) is 3. The molecule has 4 heteroatoms. The first-order valence-corrected chi connectivity index (χ1v) is 6.78. The summed E-state index contributed by atoms with van der Waals surface area (Å²) in [6.45, 7) is 3.52. The molecule has 1 aromatic heterocycles. The molecule has 4 nitrogen and oxygen atoms in total. The second kappa shape index (κ2) is 4.78. The number of rotatable bonds is 3. The zero-order valence-electron chi connectivity index (χ0n) is 10.6. The van der Waals surface area contributed by atoms with E-state index in [1.807, 2.05) is 19.6 Å². The van der Waals surface area contributed by atoms with Gasteiger partial charge in [-0.2, -0.15) is 0 Å². The minimum atomic E-state index is 0.667. The van der Waals surface area contributed by atoms with Crippen molar-refractivity contribution in [3.8, 4) is 0 Å². The molecule has 1 aromatic rings. The fourth-order valence-corrected chi connectivity index (χ4v) is 3.43. The van der Waals surface area contributed by atoms with Crippen molar-refractivity contribution in [2.75, 3.05) is 20.1 Å². The van der Waals surface area contributed by atoms with Crippen LogP contribution < -0.4 is 5.32 Å². The Balaban J connectivity index is 1.73. The van der Waals surface area contributed by atoms with Crippen LogP contribution in [0.4, 0.5) is 0 Å². The number of piperidine rings is 1. The Morgan fingerprint density at radius 2 is 2.29 bits per heavy atom. The largest absolute Gasteiger partial charge is 0.330 e. The molecular formula is C13H22N4. The Kier molecular flexibility index (Phi) is 3.16. The van der Waals surface area contributed by atoms with Crippen molar-refractivity contribution in [1.82, 2.24) is 19.8 Å². The molecular weight excluding hydrogens is 212 g/mol. The summed E-state index contributed by atoms with van der Waals surface area (Å²) in [5.74, 6) is 0. The smallest absolute Gasteiger partial charge is 0.0951 e. The van der Waals surface area contributed by atoms with Gasteiger partial charge in [0, 0.05) is 31.4 Å². The first-order valence-electron chi connectivity index (χ1n) is 6.78. The monoisotopic (exact) mass is 234 g/mol. The lowest BCUT2D eigenvalue weighted by molar-refractivity contribution is 0.154. The molecule has 1 N–H and O–H groups in total. The summed E-state index contributed by atoms with van der Waals surface area (Å²) < 4.78 is 2.40. The summed E-state index contributed by atoms with van der Waals surface area (Å²) in [5.41, 5.74) is 1.32. The fourth-order valence-electron chi connectivity index (χ4n) is 3.43. The highest BCUT2D eigenvalue weighted by atomic mass is 15.2. The van der Waals surface area contributed by atoms with Gasteiger partial charge in [0.25, 0.3) is 0 Å². The van der Waals surface area contributed by atoms with E-state index in [1.54, 1.807) is 0 Å². The third kappa shape index (κ3) is 2.11. The van der Waals surface area contributed by atoms with Gasteiger partial charge in [0.05, 0.1) is 12.0 Å². The van der Waals surface area contributed by atoms with Gasteiger partial charge >= 0.3 is 0 Å². The summed E-state index contributed by atoms with van der Waals surface area (Å²) in [6.07, 6.45) is 9.40. The fraction of sp³-hybridized carbons (Fsp3) is 0.769. The van der Waals surface area contributed by atoms with Crippen LogP contribution in [0.5, 0.6) is 0 Å². The van der Waals surface area contributed by atoms with Gasteiger partial charge in [0.1, 0.15) is 0 Å². The summed E-state index contributed by atoms with van der Waals surface area (Å²) >= 11 is 0. The predicted octanol–water partition coefficient (Wildman–Crippen LogP) is 1.40. The zero-order valence-corrected chi connectivity index (χ0v) is 10.6. The lowest BCUT2D eigenvalue weighted by Gasteiger charge is -2.36. The van der Waals surface area contributed by atoms with Crippen molar-refractivity contribution in [2.24, 2.45) is 0 Å². The molecule has 94 valence electrons. The van der Waals surface area contributed by atoms with E-state index >= 15 is 0 Å². The Bertz CT molecular complexity index is 373. The topological polar surface area (TPSA) is 33.1 Å². The molecule has 2 atom stereocenters. The molecule has 2 unspecified atom stereocenters. The SMILES string of the molecule is CNCc1cncn1C1CCN2CCCC2C1. The quantitative estimate of drug-likeness (QED) is 0.858. The highest BCUT2D eigenvalue weighted by molar-refractivity contribution is 5.02.